The summed E-state index contributed by atoms with van der Waals surface area (Å²) < 4.78 is 54.6. The molecule has 0 aromatic heterocycles. The number of amides is 1. The molecule has 0 aliphatic carbocycles. The molecule has 0 spiro atoms. The minimum atomic E-state index is -3.66. The molecule has 0 atom stereocenters. The van der Waals surface area contributed by atoms with E-state index in [9.17, 15) is 22.0 Å². The Balaban J connectivity index is 1.40. The molecule has 5 nitrogen and oxygen atoms in total. The van der Waals surface area contributed by atoms with Gasteiger partial charge in [-0.25, -0.2) is 17.2 Å². The summed E-state index contributed by atoms with van der Waals surface area (Å²) in [4.78, 5) is 14.5. The molecule has 0 bridgehead atoms. The Bertz CT molecular complexity index is 1260. The van der Waals surface area contributed by atoms with Gasteiger partial charge >= 0.3 is 0 Å². The second-order valence-corrected chi connectivity index (χ2v) is 10.1. The number of hydrogen-bond donors (Lipinski definition) is 0. The van der Waals surface area contributed by atoms with Crippen molar-refractivity contribution in [1.82, 2.24) is 9.21 Å². The van der Waals surface area contributed by atoms with Crippen molar-refractivity contribution >= 4 is 26.7 Å². The molecule has 4 rings (SSSR count). The Morgan fingerprint density at radius 2 is 1.69 bits per heavy atom. The highest BCUT2D eigenvalue weighted by Crippen LogP contribution is 2.27. The van der Waals surface area contributed by atoms with E-state index in [4.69, 9.17) is 0 Å². The summed E-state index contributed by atoms with van der Waals surface area (Å²) in [5.41, 5.74) is 0.235. The van der Waals surface area contributed by atoms with Crippen molar-refractivity contribution in [2.45, 2.75) is 24.3 Å². The van der Waals surface area contributed by atoms with Gasteiger partial charge in [-0.15, -0.1) is 0 Å². The molecule has 3 aromatic carbocycles. The van der Waals surface area contributed by atoms with Crippen molar-refractivity contribution in [3.05, 3.63) is 77.9 Å². The molecule has 168 valence electrons. The molecule has 0 radical (unpaired) electrons. The second kappa shape index (κ2) is 8.96. The Morgan fingerprint density at radius 1 is 1.00 bits per heavy atom. The molecule has 1 heterocycles. The van der Waals surface area contributed by atoms with Crippen LogP contribution in [0.3, 0.4) is 0 Å². The molecule has 3 aromatic rings. The van der Waals surface area contributed by atoms with Crippen molar-refractivity contribution in [3.8, 4) is 0 Å². The van der Waals surface area contributed by atoms with Crippen LogP contribution in [0.4, 0.5) is 8.78 Å². The number of carbonyl (C=O) groups excluding carboxylic acids is 1. The van der Waals surface area contributed by atoms with Crippen molar-refractivity contribution in [3.63, 3.8) is 0 Å². The minimum absolute atomic E-state index is 0.0283. The number of halogens is 2. The molecule has 0 unspecified atom stereocenters. The number of carbonyl (C=O) groups is 1. The Morgan fingerprint density at radius 3 is 2.38 bits per heavy atom. The van der Waals surface area contributed by atoms with Crippen LogP contribution < -0.4 is 0 Å². The summed E-state index contributed by atoms with van der Waals surface area (Å²) in [5.74, 6) is -1.87. The molecule has 1 saturated heterocycles. The molecule has 1 aliphatic rings. The van der Waals surface area contributed by atoms with Gasteiger partial charge in [0, 0.05) is 44.2 Å². The summed E-state index contributed by atoms with van der Waals surface area (Å²) in [6.07, 6.45) is 0.782. The monoisotopic (exact) mass is 458 g/mol. The maximum Gasteiger partial charge on any atom is 0.243 e. The van der Waals surface area contributed by atoms with Crippen LogP contribution in [0.1, 0.15) is 18.4 Å². The first-order valence-corrected chi connectivity index (χ1v) is 11.9. The number of hydrogen-bond acceptors (Lipinski definition) is 3. The van der Waals surface area contributed by atoms with Crippen LogP contribution in [0.15, 0.2) is 65.6 Å². The quantitative estimate of drug-likeness (QED) is 0.577. The molecule has 1 amide bonds. The van der Waals surface area contributed by atoms with Gasteiger partial charge in [-0.05, 0) is 41.8 Å². The van der Waals surface area contributed by atoms with Gasteiger partial charge in [-0.2, -0.15) is 4.31 Å². The number of fused-ring (bicyclic) bond motifs is 1. The molecule has 1 aliphatic heterocycles. The van der Waals surface area contributed by atoms with E-state index in [1.165, 1.54) is 15.3 Å². The van der Waals surface area contributed by atoms with E-state index >= 15 is 0 Å². The van der Waals surface area contributed by atoms with Crippen molar-refractivity contribution in [1.29, 1.82) is 0 Å². The lowest BCUT2D eigenvalue weighted by atomic mass is 9.96. The van der Waals surface area contributed by atoms with Crippen LogP contribution in [0, 0.1) is 17.6 Å². The van der Waals surface area contributed by atoms with E-state index < -0.39 is 21.7 Å². The summed E-state index contributed by atoms with van der Waals surface area (Å²) in [7, 11) is -2.09. The fourth-order valence-electron chi connectivity index (χ4n) is 4.12. The summed E-state index contributed by atoms with van der Waals surface area (Å²) in [6, 6.07) is 15.9. The molecule has 8 heteroatoms. The van der Waals surface area contributed by atoms with Gasteiger partial charge in [-0.1, -0.05) is 36.4 Å². The lowest BCUT2D eigenvalue weighted by Gasteiger charge is -2.32. The van der Waals surface area contributed by atoms with E-state index in [0.717, 1.165) is 22.9 Å². The maximum absolute atomic E-state index is 13.9. The van der Waals surface area contributed by atoms with Gasteiger partial charge in [0.2, 0.25) is 15.9 Å². The Hall–Kier alpha value is -2.84. The highest BCUT2D eigenvalue weighted by molar-refractivity contribution is 7.89. The zero-order valence-electron chi connectivity index (χ0n) is 17.7. The first-order chi connectivity index (χ1) is 15.3. The predicted octanol–water partition coefficient (Wildman–Crippen LogP) is 4.18. The zero-order chi connectivity index (χ0) is 22.9. The summed E-state index contributed by atoms with van der Waals surface area (Å²) >= 11 is 0. The van der Waals surface area contributed by atoms with Crippen LogP contribution >= 0.6 is 0 Å². The van der Waals surface area contributed by atoms with E-state index in [1.54, 1.807) is 25.2 Å². The number of benzene rings is 3. The lowest BCUT2D eigenvalue weighted by Crippen LogP contribution is -2.43. The standard InChI is InChI=1S/C24H24F2N2O3S/c1-27(16-20-6-8-21(25)15-23(20)26)24(29)18-10-12-28(13-11-18)32(30,31)22-9-7-17-4-2-3-5-19(17)14-22/h2-9,14-15,18H,10-13,16H2,1H3. The van der Waals surface area contributed by atoms with Crippen LogP contribution in [-0.2, 0) is 21.4 Å². The first-order valence-electron chi connectivity index (χ1n) is 10.4. The van der Waals surface area contributed by atoms with E-state index in [2.05, 4.69) is 0 Å². The van der Waals surface area contributed by atoms with Gasteiger partial charge < -0.3 is 4.90 Å². The topological polar surface area (TPSA) is 57.7 Å². The molecule has 32 heavy (non-hydrogen) atoms. The molecular weight excluding hydrogens is 434 g/mol. The summed E-state index contributed by atoms with van der Waals surface area (Å²) in [6.45, 7) is 0.509. The fraction of sp³-hybridized carbons (Fsp3) is 0.292. The normalized spacial score (nSPS) is 15.7. The summed E-state index contributed by atoms with van der Waals surface area (Å²) in [5, 5.41) is 1.82. The molecular formula is C24H24F2N2O3S. The van der Waals surface area contributed by atoms with Crippen LogP contribution in [-0.4, -0.2) is 43.7 Å². The van der Waals surface area contributed by atoms with Crippen molar-refractivity contribution < 1.29 is 22.0 Å². The zero-order valence-corrected chi connectivity index (χ0v) is 18.5. The molecule has 1 fully saturated rings. The number of nitrogens with zero attached hydrogens (tertiary/aromatic N) is 2. The number of sulfonamides is 1. The third kappa shape index (κ3) is 4.52. The number of rotatable bonds is 5. The van der Waals surface area contributed by atoms with Gasteiger partial charge in [0.1, 0.15) is 11.6 Å². The third-order valence-electron chi connectivity index (χ3n) is 5.96. The molecule has 0 N–H and O–H groups in total. The smallest absolute Gasteiger partial charge is 0.243 e. The van der Waals surface area contributed by atoms with Crippen LogP contribution in [0.5, 0.6) is 0 Å². The second-order valence-electron chi connectivity index (χ2n) is 8.12. The number of piperidine rings is 1. The van der Waals surface area contributed by atoms with E-state index in [1.807, 2.05) is 24.3 Å². The van der Waals surface area contributed by atoms with Crippen LogP contribution in [0.2, 0.25) is 0 Å². The maximum atomic E-state index is 13.9. The van der Waals surface area contributed by atoms with E-state index in [-0.39, 0.29) is 41.9 Å². The van der Waals surface area contributed by atoms with Gasteiger partial charge in [0.15, 0.2) is 0 Å². The largest absolute Gasteiger partial charge is 0.341 e. The van der Waals surface area contributed by atoms with Gasteiger partial charge in [0.05, 0.1) is 4.90 Å². The van der Waals surface area contributed by atoms with Crippen LogP contribution in [0.25, 0.3) is 10.8 Å². The highest BCUT2D eigenvalue weighted by atomic mass is 32.2. The van der Waals surface area contributed by atoms with Gasteiger partial charge in [-0.3, -0.25) is 4.79 Å². The average molecular weight is 459 g/mol. The molecule has 0 saturated carbocycles. The Kier molecular flexibility index (Phi) is 6.26. The van der Waals surface area contributed by atoms with Crippen molar-refractivity contribution in [2.24, 2.45) is 5.92 Å². The lowest BCUT2D eigenvalue weighted by molar-refractivity contribution is -0.136. The Labute approximate surface area is 186 Å². The predicted molar refractivity (Wildman–Crippen MR) is 118 cm³/mol. The van der Waals surface area contributed by atoms with E-state index in [0.29, 0.717) is 12.8 Å². The highest BCUT2D eigenvalue weighted by Gasteiger charge is 2.33. The third-order valence-corrected chi connectivity index (χ3v) is 7.86. The van der Waals surface area contributed by atoms with Gasteiger partial charge in [0.25, 0.3) is 0 Å². The first kappa shape index (κ1) is 22.4. The minimum Gasteiger partial charge on any atom is -0.341 e. The SMILES string of the molecule is CN(Cc1ccc(F)cc1F)C(=O)C1CCN(S(=O)(=O)c2ccc3ccccc3c2)CC1. The van der Waals surface area contributed by atoms with Crippen molar-refractivity contribution in [2.75, 3.05) is 20.1 Å². The fourth-order valence-corrected chi connectivity index (χ4v) is 5.62. The average Bonchev–Trinajstić information content (AvgIpc) is 2.80.